The molecule has 0 spiro atoms. The summed E-state index contributed by atoms with van der Waals surface area (Å²) in [6.45, 7) is 3.44. The van der Waals surface area contributed by atoms with Crippen molar-refractivity contribution in [3.63, 3.8) is 0 Å². The highest BCUT2D eigenvalue weighted by Crippen LogP contribution is 2.23. The van der Waals surface area contributed by atoms with Crippen molar-refractivity contribution in [2.24, 2.45) is 0 Å². The third-order valence-corrected chi connectivity index (χ3v) is 2.42. The van der Waals surface area contributed by atoms with E-state index in [1.807, 2.05) is 0 Å². The van der Waals surface area contributed by atoms with Crippen LogP contribution in [0, 0.1) is 18.6 Å². The Labute approximate surface area is 108 Å². The van der Waals surface area contributed by atoms with E-state index in [0.29, 0.717) is 5.69 Å². The molecule has 19 heavy (non-hydrogen) atoms. The molecule has 0 atom stereocenters. The minimum Gasteiger partial charge on any atom is -0.460 e. The van der Waals surface area contributed by atoms with Crippen LogP contribution in [0.1, 0.15) is 23.2 Å². The molecular formula is C13H11F2NO3. The van der Waals surface area contributed by atoms with Crippen molar-refractivity contribution in [2.75, 3.05) is 6.61 Å². The van der Waals surface area contributed by atoms with Gasteiger partial charge < -0.3 is 9.15 Å². The highest BCUT2D eigenvalue weighted by Gasteiger charge is 2.19. The van der Waals surface area contributed by atoms with E-state index in [9.17, 15) is 13.6 Å². The summed E-state index contributed by atoms with van der Waals surface area (Å²) < 4.78 is 36.0. The topological polar surface area (TPSA) is 52.3 Å². The smallest absolute Gasteiger partial charge is 0.376 e. The van der Waals surface area contributed by atoms with Crippen LogP contribution >= 0.6 is 0 Å². The third-order valence-electron chi connectivity index (χ3n) is 2.42. The van der Waals surface area contributed by atoms with Crippen molar-refractivity contribution in [1.29, 1.82) is 0 Å². The van der Waals surface area contributed by atoms with Crippen LogP contribution in [0.5, 0.6) is 0 Å². The zero-order chi connectivity index (χ0) is 14.0. The molecule has 0 aliphatic carbocycles. The lowest BCUT2D eigenvalue weighted by Gasteiger charge is -1.98. The van der Waals surface area contributed by atoms with Gasteiger partial charge in [0, 0.05) is 5.56 Å². The molecule has 0 saturated heterocycles. The maximum atomic E-state index is 13.1. The van der Waals surface area contributed by atoms with E-state index in [1.54, 1.807) is 13.8 Å². The monoisotopic (exact) mass is 267 g/mol. The van der Waals surface area contributed by atoms with Gasteiger partial charge in [-0.1, -0.05) is 0 Å². The number of oxazole rings is 1. The van der Waals surface area contributed by atoms with E-state index in [1.165, 1.54) is 6.07 Å². The summed E-state index contributed by atoms with van der Waals surface area (Å²) in [7, 11) is 0. The van der Waals surface area contributed by atoms with E-state index in [0.717, 1.165) is 12.1 Å². The molecule has 1 aromatic carbocycles. The molecule has 2 rings (SSSR count). The summed E-state index contributed by atoms with van der Waals surface area (Å²) in [5, 5.41) is 0. The number of rotatable bonds is 3. The Morgan fingerprint density at radius 3 is 2.74 bits per heavy atom. The van der Waals surface area contributed by atoms with Crippen LogP contribution in [0.25, 0.3) is 11.5 Å². The minimum atomic E-state index is -1.01. The zero-order valence-electron chi connectivity index (χ0n) is 10.4. The molecule has 1 aromatic heterocycles. The van der Waals surface area contributed by atoms with E-state index in [-0.39, 0.29) is 23.8 Å². The first-order chi connectivity index (χ1) is 9.02. The molecule has 1 heterocycles. The summed E-state index contributed by atoms with van der Waals surface area (Å²) in [6, 6.07) is 3.24. The molecule has 0 radical (unpaired) electrons. The Hall–Kier alpha value is -2.24. The van der Waals surface area contributed by atoms with Crippen molar-refractivity contribution in [2.45, 2.75) is 13.8 Å². The second-order valence-corrected chi connectivity index (χ2v) is 3.78. The highest BCUT2D eigenvalue weighted by atomic mass is 19.2. The first-order valence-electron chi connectivity index (χ1n) is 5.63. The zero-order valence-corrected chi connectivity index (χ0v) is 10.4. The van der Waals surface area contributed by atoms with E-state index >= 15 is 0 Å². The van der Waals surface area contributed by atoms with Gasteiger partial charge in [-0.05, 0) is 32.0 Å². The fourth-order valence-corrected chi connectivity index (χ4v) is 1.54. The van der Waals surface area contributed by atoms with Crippen LogP contribution in [0.3, 0.4) is 0 Å². The molecule has 0 fully saturated rings. The number of aryl methyl sites for hydroxylation is 1. The quantitative estimate of drug-likeness (QED) is 0.802. The molecule has 6 heteroatoms. The summed E-state index contributed by atoms with van der Waals surface area (Å²) in [5.41, 5.74) is 0.579. The first kappa shape index (κ1) is 13.2. The van der Waals surface area contributed by atoms with Crippen molar-refractivity contribution < 1.29 is 22.7 Å². The Kier molecular flexibility index (Phi) is 3.59. The lowest BCUT2D eigenvalue weighted by atomic mass is 10.2. The summed E-state index contributed by atoms with van der Waals surface area (Å²) in [5.74, 6) is -2.61. The van der Waals surface area contributed by atoms with Crippen molar-refractivity contribution in [3.05, 3.63) is 41.3 Å². The van der Waals surface area contributed by atoms with Crippen LogP contribution in [0.15, 0.2) is 22.6 Å². The molecule has 4 nitrogen and oxygen atoms in total. The molecule has 0 N–H and O–H groups in total. The SMILES string of the molecule is CCOC(=O)c1oc(-c2ccc(F)c(F)c2)nc1C. The number of halogens is 2. The Bertz CT molecular complexity index is 622. The lowest BCUT2D eigenvalue weighted by Crippen LogP contribution is -2.04. The Morgan fingerprint density at radius 2 is 2.11 bits per heavy atom. The fourth-order valence-electron chi connectivity index (χ4n) is 1.54. The Balaban J connectivity index is 2.38. The van der Waals surface area contributed by atoms with E-state index in [2.05, 4.69) is 4.98 Å². The van der Waals surface area contributed by atoms with Crippen LogP contribution in [-0.4, -0.2) is 17.6 Å². The third kappa shape index (κ3) is 2.62. The number of esters is 1. The van der Waals surface area contributed by atoms with Gasteiger partial charge >= 0.3 is 5.97 Å². The van der Waals surface area contributed by atoms with Gasteiger partial charge in [-0.3, -0.25) is 0 Å². The van der Waals surface area contributed by atoms with Crippen molar-refractivity contribution in [1.82, 2.24) is 4.98 Å². The fraction of sp³-hybridized carbons (Fsp3) is 0.231. The standard InChI is InChI=1S/C13H11F2NO3/c1-3-18-13(17)11-7(2)16-12(19-11)8-4-5-9(14)10(15)6-8/h4-6H,3H2,1-2H3. The molecular weight excluding hydrogens is 256 g/mol. The first-order valence-corrected chi connectivity index (χ1v) is 5.63. The molecule has 0 aliphatic rings. The lowest BCUT2D eigenvalue weighted by molar-refractivity contribution is 0.0490. The summed E-state index contributed by atoms with van der Waals surface area (Å²) in [6.07, 6.45) is 0. The molecule has 0 bridgehead atoms. The number of carbonyl (C=O) groups excluding carboxylic acids is 1. The number of hydrogen-bond acceptors (Lipinski definition) is 4. The Morgan fingerprint density at radius 1 is 1.37 bits per heavy atom. The van der Waals surface area contributed by atoms with Gasteiger partial charge in [0.2, 0.25) is 11.7 Å². The second kappa shape index (κ2) is 5.17. The predicted octanol–water partition coefficient (Wildman–Crippen LogP) is 3.10. The number of nitrogens with zero attached hydrogens (tertiary/aromatic N) is 1. The highest BCUT2D eigenvalue weighted by molar-refractivity contribution is 5.87. The minimum absolute atomic E-state index is 0.0402. The number of hydrogen-bond donors (Lipinski definition) is 0. The number of aromatic nitrogens is 1. The van der Waals surface area contributed by atoms with Gasteiger partial charge in [0.05, 0.1) is 12.3 Å². The molecule has 100 valence electrons. The van der Waals surface area contributed by atoms with Gasteiger partial charge in [-0.25, -0.2) is 18.6 Å². The second-order valence-electron chi connectivity index (χ2n) is 3.78. The molecule has 0 saturated carbocycles. The molecule has 0 aliphatic heterocycles. The van der Waals surface area contributed by atoms with Gasteiger partial charge in [-0.15, -0.1) is 0 Å². The van der Waals surface area contributed by atoms with Crippen LogP contribution in [0.2, 0.25) is 0 Å². The average molecular weight is 267 g/mol. The molecule has 0 amide bonds. The van der Waals surface area contributed by atoms with Gasteiger partial charge in [0.25, 0.3) is 0 Å². The average Bonchev–Trinajstić information content (AvgIpc) is 2.75. The maximum Gasteiger partial charge on any atom is 0.376 e. The van der Waals surface area contributed by atoms with E-state index < -0.39 is 17.6 Å². The van der Waals surface area contributed by atoms with E-state index in [4.69, 9.17) is 9.15 Å². The molecule has 0 unspecified atom stereocenters. The van der Waals surface area contributed by atoms with Gasteiger partial charge in [0.1, 0.15) is 0 Å². The maximum absolute atomic E-state index is 13.1. The van der Waals surface area contributed by atoms with Gasteiger partial charge in [-0.2, -0.15) is 0 Å². The summed E-state index contributed by atoms with van der Waals surface area (Å²) >= 11 is 0. The van der Waals surface area contributed by atoms with Crippen molar-refractivity contribution >= 4 is 5.97 Å². The predicted molar refractivity (Wildman–Crippen MR) is 62.5 cm³/mol. The molecule has 2 aromatic rings. The van der Waals surface area contributed by atoms with Crippen molar-refractivity contribution in [3.8, 4) is 11.5 Å². The number of carbonyl (C=O) groups is 1. The summed E-state index contributed by atoms with van der Waals surface area (Å²) in [4.78, 5) is 15.5. The number of benzene rings is 1. The van der Waals surface area contributed by atoms with Crippen LogP contribution in [0.4, 0.5) is 8.78 Å². The van der Waals surface area contributed by atoms with Gasteiger partial charge in [0.15, 0.2) is 11.6 Å². The van der Waals surface area contributed by atoms with Crippen LogP contribution < -0.4 is 0 Å². The van der Waals surface area contributed by atoms with Crippen LogP contribution in [-0.2, 0) is 4.74 Å². The number of ether oxygens (including phenoxy) is 1. The largest absolute Gasteiger partial charge is 0.460 e. The normalized spacial score (nSPS) is 10.5.